The van der Waals surface area contributed by atoms with E-state index in [4.69, 9.17) is 0 Å². The third-order valence-electron chi connectivity index (χ3n) is 2.49. The molecule has 1 amide bonds. The molecule has 1 aromatic rings. The lowest BCUT2D eigenvalue weighted by Crippen LogP contribution is -2.41. The lowest BCUT2D eigenvalue weighted by atomic mass is 10.2. The molecule has 5 nitrogen and oxygen atoms in total. The quantitative estimate of drug-likeness (QED) is 0.291. The second-order valence-corrected chi connectivity index (χ2v) is 4.12. The third kappa shape index (κ3) is 6.08. The van der Waals surface area contributed by atoms with Crippen LogP contribution in [0.15, 0.2) is 17.1 Å². The summed E-state index contributed by atoms with van der Waals surface area (Å²) >= 11 is 0. The predicted molar refractivity (Wildman–Crippen MR) is 90.0 cm³/mol. The number of hydrogen-bond acceptors (Lipinski definition) is 2. The normalized spacial score (nSPS) is 10.7. The standard InChI is InChI=1S/C13H17F3N4O.HI/c1-3-6-18-13(17-2)19-7-10(21)20-9-5-4-8(14)11(15)12(9)16;/h4-5H,3,6-7H2,1-2H3,(H,20,21)(H2,17,18,19);1H. The molecule has 0 fully saturated rings. The molecule has 9 heteroatoms. The van der Waals surface area contributed by atoms with Gasteiger partial charge in [-0.25, -0.2) is 13.2 Å². The highest BCUT2D eigenvalue weighted by Crippen LogP contribution is 2.19. The number of carbonyl (C=O) groups is 1. The Balaban J connectivity index is 0.00000441. The van der Waals surface area contributed by atoms with E-state index in [2.05, 4.69) is 20.9 Å². The van der Waals surface area contributed by atoms with Crippen LogP contribution in [0.5, 0.6) is 0 Å². The van der Waals surface area contributed by atoms with Crippen molar-refractivity contribution >= 4 is 41.5 Å². The molecule has 0 bridgehead atoms. The van der Waals surface area contributed by atoms with Gasteiger partial charge in [0.15, 0.2) is 23.4 Å². The van der Waals surface area contributed by atoms with Crippen LogP contribution in [0.2, 0.25) is 0 Å². The van der Waals surface area contributed by atoms with Crippen LogP contribution >= 0.6 is 24.0 Å². The van der Waals surface area contributed by atoms with Gasteiger partial charge in [0.25, 0.3) is 0 Å². The summed E-state index contributed by atoms with van der Waals surface area (Å²) in [6, 6.07) is 1.69. The molecule has 1 aromatic carbocycles. The van der Waals surface area contributed by atoms with E-state index < -0.39 is 29.0 Å². The molecule has 0 radical (unpaired) electrons. The van der Waals surface area contributed by atoms with Crippen molar-refractivity contribution in [2.24, 2.45) is 4.99 Å². The van der Waals surface area contributed by atoms with E-state index in [-0.39, 0.29) is 30.5 Å². The average molecular weight is 430 g/mol. The SMILES string of the molecule is CCCNC(=NC)NCC(=O)Nc1ccc(F)c(F)c1F.I. The first-order valence-electron chi connectivity index (χ1n) is 6.37. The third-order valence-corrected chi connectivity index (χ3v) is 2.49. The van der Waals surface area contributed by atoms with Gasteiger partial charge >= 0.3 is 0 Å². The summed E-state index contributed by atoms with van der Waals surface area (Å²) in [5, 5.41) is 7.80. The number of carbonyl (C=O) groups excluding carboxylic acids is 1. The number of nitrogens with zero attached hydrogens (tertiary/aromatic N) is 1. The van der Waals surface area contributed by atoms with Crippen LogP contribution in [0.3, 0.4) is 0 Å². The molecule has 0 aliphatic heterocycles. The Morgan fingerprint density at radius 1 is 1.18 bits per heavy atom. The van der Waals surface area contributed by atoms with Crippen molar-refractivity contribution in [2.45, 2.75) is 13.3 Å². The van der Waals surface area contributed by atoms with Crippen LogP contribution in [0, 0.1) is 17.5 Å². The van der Waals surface area contributed by atoms with Crippen molar-refractivity contribution in [3.05, 3.63) is 29.6 Å². The minimum Gasteiger partial charge on any atom is -0.356 e. The van der Waals surface area contributed by atoms with Gasteiger partial charge in [-0.05, 0) is 18.6 Å². The summed E-state index contributed by atoms with van der Waals surface area (Å²) in [6.07, 6.45) is 0.882. The van der Waals surface area contributed by atoms with Crippen LogP contribution < -0.4 is 16.0 Å². The van der Waals surface area contributed by atoms with E-state index in [1.807, 2.05) is 6.92 Å². The Morgan fingerprint density at radius 2 is 1.86 bits per heavy atom. The van der Waals surface area contributed by atoms with Crippen molar-refractivity contribution in [3.63, 3.8) is 0 Å². The second kappa shape index (κ2) is 10.2. The number of guanidine groups is 1. The maximum atomic E-state index is 13.4. The lowest BCUT2D eigenvalue weighted by Gasteiger charge is -2.11. The second-order valence-electron chi connectivity index (χ2n) is 4.12. The van der Waals surface area contributed by atoms with Gasteiger partial charge in [0.2, 0.25) is 5.91 Å². The maximum Gasteiger partial charge on any atom is 0.243 e. The number of benzene rings is 1. The van der Waals surface area contributed by atoms with Crippen LogP contribution in [0.4, 0.5) is 18.9 Å². The van der Waals surface area contributed by atoms with Gasteiger partial charge in [-0.1, -0.05) is 6.92 Å². The first-order chi connectivity index (χ1) is 9.99. The van der Waals surface area contributed by atoms with E-state index in [0.29, 0.717) is 12.5 Å². The monoisotopic (exact) mass is 430 g/mol. The van der Waals surface area contributed by atoms with E-state index in [9.17, 15) is 18.0 Å². The molecule has 0 unspecified atom stereocenters. The van der Waals surface area contributed by atoms with E-state index in [1.54, 1.807) is 0 Å². The molecular weight excluding hydrogens is 412 g/mol. The van der Waals surface area contributed by atoms with E-state index >= 15 is 0 Å². The molecule has 22 heavy (non-hydrogen) atoms. The van der Waals surface area contributed by atoms with Crippen molar-refractivity contribution in [1.82, 2.24) is 10.6 Å². The fraction of sp³-hybridized carbons (Fsp3) is 0.385. The number of rotatable bonds is 5. The van der Waals surface area contributed by atoms with Gasteiger partial charge in [-0.3, -0.25) is 9.79 Å². The first kappa shape index (κ1) is 20.5. The van der Waals surface area contributed by atoms with Gasteiger partial charge in [0.1, 0.15) is 0 Å². The number of aliphatic imine (C=N–C) groups is 1. The molecule has 0 saturated carbocycles. The fourth-order valence-electron chi connectivity index (χ4n) is 1.44. The smallest absolute Gasteiger partial charge is 0.243 e. The Labute approximate surface area is 143 Å². The molecule has 124 valence electrons. The number of anilines is 1. The molecule has 0 aliphatic rings. The minimum absolute atomic E-state index is 0. The summed E-state index contributed by atoms with van der Waals surface area (Å²) in [7, 11) is 1.54. The van der Waals surface area contributed by atoms with Crippen molar-refractivity contribution < 1.29 is 18.0 Å². The topological polar surface area (TPSA) is 65.5 Å². The summed E-state index contributed by atoms with van der Waals surface area (Å²) < 4.78 is 39.1. The van der Waals surface area contributed by atoms with Gasteiger partial charge in [-0.15, -0.1) is 24.0 Å². The Bertz CT molecular complexity index is 540. The molecule has 0 aromatic heterocycles. The Kier molecular flexibility index (Phi) is 9.54. The summed E-state index contributed by atoms with van der Waals surface area (Å²) in [6.45, 7) is 2.46. The Hall–Kier alpha value is -1.52. The number of amides is 1. The summed E-state index contributed by atoms with van der Waals surface area (Å²) in [4.78, 5) is 15.5. The van der Waals surface area contributed by atoms with Gasteiger partial charge in [0.05, 0.1) is 12.2 Å². The summed E-state index contributed by atoms with van der Waals surface area (Å²) in [5.41, 5.74) is -0.419. The highest BCUT2D eigenvalue weighted by atomic mass is 127. The van der Waals surface area contributed by atoms with Gasteiger partial charge in [0, 0.05) is 13.6 Å². The fourth-order valence-corrected chi connectivity index (χ4v) is 1.44. The molecule has 0 atom stereocenters. The molecule has 3 N–H and O–H groups in total. The predicted octanol–water partition coefficient (Wildman–Crippen LogP) is 2.24. The van der Waals surface area contributed by atoms with Gasteiger partial charge < -0.3 is 16.0 Å². The van der Waals surface area contributed by atoms with Crippen molar-refractivity contribution in [3.8, 4) is 0 Å². The zero-order valence-electron chi connectivity index (χ0n) is 12.2. The first-order valence-corrected chi connectivity index (χ1v) is 6.37. The molecule has 0 spiro atoms. The minimum atomic E-state index is -1.62. The number of nitrogens with one attached hydrogen (secondary N) is 3. The van der Waals surface area contributed by atoms with E-state index in [1.165, 1.54) is 7.05 Å². The number of halogens is 4. The molecule has 1 rings (SSSR count). The summed E-state index contributed by atoms with van der Waals surface area (Å²) in [5.74, 6) is -4.57. The van der Waals surface area contributed by atoms with Crippen molar-refractivity contribution in [1.29, 1.82) is 0 Å². The zero-order chi connectivity index (χ0) is 15.8. The molecule has 0 heterocycles. The molecule has 0 aliphatic carbocycles. The van der Waals surface area contributed by atoms with Crippen LogP contribution in [0.1, 0.15) is 13.3 Å². The zero-order valence-corrected chi connectivity index (χ0v) is 14.5. The highest BCUT2D eigenvalue weighted by molar-refractivity contribution is 14.0. The largest absolute Gasteiger partial charge is 0.356 e. The average Bonchev–Trinajstić information content (AvgIpc) is 2.48. The molecular formula is C13H18F3IN4O. The van der Waals surface area contributed by atoms with Crippen LogP contribution in [-0.2, 0) is 4.79 Å². The van der Waals surface area contributed by atoms with Gasteiger partial charge in [-0.2, -0.15) is 0 Å². The Morgan fingerprint density at radius 3 is 2.45 bits per heavy atom. The maximum absolute atomic E-state index is 13.4. The number of hydrogen-bond donors (Lipinski definition) is 3. The highest BCUT2D eigenvalue weighted by Gasteiger charge is 2.15. The lowest BCUT2D eigenvalue weighted by molar-refractivity contribution is -0.115. The van der Waals surface area contributed by atoms with Crippen LogP contribution in [-0.4, -0.2) is 32.0 Å². The van der Waals surface area contributed by atoms with Crippen LogP contribution in [0.25, 0.3) is 0 Å². The van der Waals surface area contributed by atoms with E-state index in [0.717, 1.165) is 18.6 Å². The molecule has 0 saturated heterocycles. The van der Waals surface area contributed by atoms with Crippen molar-refractivity contribution in [2.75, 3.05) is 25.5 Å².